The Morgan fingerprint density at radius 3 is 2.23 bits per heavy atom. The molecule has 3 aromatic carbocycles. The minimum Gasteiger partial charge on any atom is -0.478 e. The first-order chi connectivity index (χ1) is 15.0. The monoisotopic (exact) mass is 477 g/mol. The third-order valence-electron chi connectivity index (χ3n) is 6.05. The van der Waals surface area contributed by atoms with Gasteiger partial charge in [0.2, 0.25) is 5.91 Å². The van der Waals surface area contributed by atoms with Crippen molar-refractivity contribution in [2.24, 2.45) is 5.92 Å². The molecule has 0 spiro atoms. The van der Waals surface area contributed by atoms with Gasteiger partial charge in [-0.1, -0.05) is 58.4 Å². The number of carboxylic acid groups (broad SMARTS) is 1. The third kappa shape index (κ3) is 3.44. The predicted octanol–water partition coefficient (Wildman–Crippen LogP) is 4.07. The summed E-state index contributed by atoms with van der Waals surface area (Å²) in [6.07, 6.45) is 0. The highest BCUT2D eigenvalue weighted by Crippen LogP contribution is 2.49. The van der Waals surface area contributed by atoms with Gasteiger partial charge in [0.1, 0.15) is 6.04 Å². The zero-order valence-corrected chi connectivity index (χ0v) is 18.0. The van der Waals surface area contributed by atoms with E-state index in [1.54, 1.807) is 17.0 Å². The number of hydrogen-bond acceptors (Lipinski definition) is 4. The Kier molecular flexibility index (Phi) is 5.09. The number of hydrogen-bond donors (Lipinski definition) is 3. The maximum absolute atomic E-state index is 13.5. The van der Waals surface area contributed by atoms with Gasteiger partial charge in [-0.25, -0.2) is 15.6 Å². The molecule has 3 N–H and O–H groups in total. The van der Waals surface area contributed by atoms with Crippen LogP contribution in [0.25, 0.3) is 0 Å². The van der Waals surface area contributed by atoms with E-state index in [1.807, 2.05) is 42.5 Å². The van der Waals surface area contributed by atoms with E-state index in [9.17, 15) is 14.7 Å². The highest BCUT2D eigenvalue weighted by molar-refractivity contribution is 9.10. The standard InChI is InChI=1S/C24H20BrN3O3/c25-17-8-4-7-16(13-17)22-19-20(14-5-2-1-3-6-14)26-27-21(19)23(29)28(22)18-11-9-15(10-12-18)24(30)31/h1-13,19-22,26-27H,(H,30,31). The number of anilines is 1. The summed E-state index contributed by atoms with van der Waals surface area (Å²) < 4.78 is 0.942. The first-order valence-corrected chi connectivity index (χ1v) is 10.8. The molecule has 1 amide bonds. The van der Waals surface area contributed by atoms with Crippen molar-refractivity contribution < 1.29 is 14.7 Å². The largest absolute Gasteiger partial charge is 0.478 e. The molecule has 156 valence electrons. The van der Waals surface area contributed by atoms with Crippen molar-refractivity contribution in [3.8, 4) is 0 Å². The first kappa shape index (κ1) is 19.9. The molecular formula is C24H20BrN3O3. The molecule has 2 fully saturated rings. The van der Waals surface area contributed by atoms with Crippen molar-refractivity contribution in [1.29, 1.82) is 0 Å². The number of halogens is 1. The van der Waals surface area contributed by atoms with Crippen molar-refractivity contribution in [3.05, 3.63) is 100 Å². The van der Waals surface area contributed by atoms with E-state index in [0.29, 0.717) is 5.69 Å². The minimum absolute atomic E-state index is 0.0380. The maximum Gasteiger partial charge on any atom is 0.335 e. The number of fused-ring (bicyclic) bond motifs is 1. The van der Waals surface area contributed by atoms with Gasteiger partial charge in [0.25, 0.3) is 0 Å². The normalized spacial score (nSPS) is 24.9. The molecule has 0 bridgehead atoms. The number of amides is 1. The summed E-state index contributed by atoms with van der Waals surface area (Å²) >= 11 is 3.56. The van der Waals surface area contributed by atoms with Gasteiger partial charge < -0.3 is 10.0 Å². The summed E-state index contributed by atoms with van der Waals surface area (Å²) in [5.41, 5.74) is 9.54. The molecule has 7 heteroatoms. The van der Waals surface area contributed by atoms with Crippen LogP contribution in [0.3, 0.4) is 0 Å². The quantitative estimate of drug-likeness (QED) is 0.527. The molecule has 4 unspecified atom stereocenters. The Bertz CT molecular complexity index is 1140. The molecule has 0 radical (unpaired) electrons. The Morgan fingerprint density at radius 1 is 0.871 bits per heavy atom. The SMILES string of the molecule is O=C(O)c1ccc(N2C(=O)C3NNC(c4ccccc4)C3C2c2cccc(Br)c2)cc1. The first-order valence-electron chi connectivity index (χ1n) is 10.0. The van der Waals surface area contributed by atoms with E-state index in [1.165, 1.54) is 12.1 Å². The molecule has 31 heavy (non-hydrogen) atoms. The molecule has 0 aliphatic carbocycles. The second kappa shape index (κ2) is 7.92. The third-order valence-corrected chi connectivity index (χ3v) is 6.54. The molecule has 0 saturated carbocycles. The predicted molar refractivity (Wildman–Crippen MR) is 121 cm³/mol. The fourth-order valence-electron chi connectivity index (χ4n) is 4.69. The number of nitrogens with zero attached hydrogens (tertiary/aromatic N) is 1. The summed E-state index contributed by atoms with van der Waals surface area (Å²) in [7, 11) is 0. The van der Waals surface area contributed by atoms with Crippen LogP contribution in [-0.4, -0.2) is 23.0 Å². The van der Waals surface area contributed by atoms with Crippen LogP contribution in [-0.2, 0) is 4.79 Å². The van der Waals surface area contributed by atoms with E-state index in [4.69, 9.17) is 0 Å². The van der Waals surface area contributed by atoms with Crippen molar-refractivity contribution in [3.63, 3.8) is 0 Å². The molecule has 6 nitrogen and oxygen atoms in total. The van der Waals surface area contributed by atoms with Gasteiger partial charge in [0.05, 0.1) is 17.6 Å². The second-order valence-corrected chi connectivity index (χ2v) is 8.71. The summed E-state index contributed by atoms with van der Waals surface area (Å²) in [5, 5.41) is 9.24. The lowest BCUT2D eigenvalue weighted by atomic mass is 9.83. The Hall–Kier alpha value is -3.00. The van der Waals surface area contributed by atoms with Crippen molar-refractivity contribution in [1.82, 2.24) is 10.9 Å². The van der Waals surface area contributed by atoms with Gasteiger partial charge >= 0.3 is 5.97 Å². The highest BCUT2D eigenvalue weighted by Gasteiger charge is 2.55. The lowest BCUT2D eigenvalue weighted by Gasteiger charge is -2.31. The van der Waals surface area contributed by atoms with Crippen LogP contribution in [0.15, 0.2) is 83.3 Å². The highest BCUT2D eigenvalue weighted by atomic mass is 79.9. The lowest BCUT2D eigenvalue weighted by molar-refractivity contribution is -0.119. The van der Waals surface area contributed by atoms with Gasteiger partial charge in [0.15, 0.2) is 0 Å². The molecular weight excluding hydrogens is 458 g/mol. The Labute approximate surface area is 188 Å². The summed E-state index contributed by atoms with van der Waals surface area (Å²) in [6, 6.07) is 23.9. The van der Waals surface area contributed by atoms with E-state index < -0.39 is 12.0 Å². The number of carboxylic acids is 1. The van der Waals surface area contributed by atoms with Crippen LogP contribution in [0.4, 0.5) is 5.69 Å². The lowest BCUT2D eigenvalue weighted by Crippen LogP contribution is -2.41. The zero-order valence-electron chi connectivity index (χ0n) is 16.4. The van der Waals surface area contributed by atoms with Crippen molar-refractivity contribution >= 4 is 33.5 Å². The van der Waals surface area contributed by atoms with Gasteiger partial charge in [-0.15, -0.1) is 0 Å². The van der Waals surface area contributed by atoms with Crippen LogP contribution in [0, 0.1) is 5.92 Å². The summed E-state index contributed by atoms with van der Waals surface area (Å²) in [4.78, 5) is 26.6. The molecule has 2 aliphatic heterocycles. The van der Waals surface area contributed by atoms with Gasteiger partial charge in [-0.05, 0) is 47.5 Å². The molecule has 5 rings (SSSR count). The minimum atomic E-state index is -0.991. The molecule has 0 aromatic heterocycles. The topological polar surface area (TPSA) is 81.7 Å². The van der Waals surface area contributed by atoms with Crippen LogP contribution in [0.2, 0.25) is 0 Å². The zero-order chi connectivity index (χ0) is 21.5. The fraction of sp³-hybridized carbons (Fsp3) is 0.167. The van der Waals surface area contributed by atoms with Gasteiger partial charge in [-0.2, -0.15) is 0 Å². The van der Waals surface area contributed by atoms with Crippen LogP contribution in [0.1, 0.15) is 33.6 Å². The van der Waals surface area contributed by atoms with E-state index in [2.05, 4.69) is 38.9 Å². The second-order valence-electron chi connectivity index (χ2n) is 7.79. The molecule has 2 saturated heterocycles. The average Bonchev–Trinajstić information content (AvgIpc) is 3.33. The summed E-state index contributed by atoms with van der Waals surface area (Å²) in [6.45, 7) is 0. The molecule has 2 heterocycles. The number of benzene rings is 3. The number of hydrazine groups is 1. The average molecular weight is 478 g/mol. The molecule has 2 aliphatic rings. The fourth-order valence-corrected chi connectivity index (χ4v) is 5.11. The molecule has 4 atom stereocenters. The number of carbonyl (C=O) groups is 2. The van der Waals surface area contributed by atoms with Crippen LogP contribution in [0.5, 0.6) is 0 Å². The number of carbonyl (C=O) groups excluding carboxylic acids is 1. The van der Waals surface area contributed by atoms with Gasteiger partial charge in [0, 0.05) is 16.1 Å². The van der Waals surface area contributed by atoms with Gasteiger partial charge in [-0.3, -0.25) is 4.79 Å². The van der Waals surface area contributed by atoms with E-state index in [0.717, 1.165) is 15.6 Å². The maximum atomic E-state index is 13.5. The molecule has 3 aromatic rings. The van der Waals surface area contributed by atoms with E-state index in [-0.39, 0.29) is 29.5 Å². The van der Waals surface area contributed by atoms with Crippen molar-refractivity contribution in [2.75, 3.05) is 4.90 Å². The number of aromatic carboxylic acids is 1. The van der Waals surface area contributed by atoms with Crippen molar-refractivity contribution in [2.45, 2.75) is 18.1 Å². The van der Waals surface area contributed by atoms with E-state index >= 15 is 0 Å². The number of nitrogens with one attached hydrogen (secondary N) is 2. The van der Waals surface area contributed by atoms with Crippen LogP contribution < -0.4 is 15.8 Å². The summed E-state index contributed by atoms with van der Waals surface area (Å²) in [5.74, 6) is -1.08. The van der Waals surface area contributed by atoms with Crippen LogP contribution >= 0.6 is 15.9 Å². The Balaban J connectivity index is 1.62. The smallest absolute Gasteiger partial charge is 0.335 e. The number of rotatable bonds is 4. The Morgan fingerprint density at radius 2 is 1.55 bits per heavy atom.